The third-order valence-corrected chi connectivity index (χ3v) is 5.84. The number of rotatable bonds is 9. The van der Waals surface area contributed by atoms with Gasteiger partial charge in [-0.1, -0.05) is 48.0 Å². The van der Waals surface area contributed by atoms with E-state index < -0.39 is 13.5 Å². The highest BCUT2D eigenvalue weighted by molar-refractivity contribution is 7.57. The van der Waals surface area contributed by atoms with Crippen LogP contribution in [-0.4, -0.2) is 35.9 Å². The molecule has 0 bridgehead atoms. The summed E-state index contributed by atoms with van der Waals surface area (Å²) in [6.45, 7) is 0.720. The van der Waals surface area contributed by atoms with Crippen molar-refractivity contribution in [3.63, 3.8) is 0 Å². The second-order valence-corrected chi connectivity index (χ2v) is 8.71. The molecule has 0 saturated carbocycles. The summed E-state index contributed by atoms with van der Waals surface area (Å²) in [5.74, 6) is 0.604. The van der Waals surface area contributed by atoms with Crippen molar-refractivity contribution in [2.45, 2.75) is 18.8 Å². The minimum Gasteiger partial charge on any atom is -0.495 e. The number of methoxy groups -OCH3 is 1. The van der Waals surface area contributed by atoms with Crippen LogP contribution < -0.4 is 10.1 Å². The Morgan fingerprint density at radius 3 is 2.56 bits per heavy atom. The van der Waals surface area contributed by atoms with Crippen LogP contribution in [0.25, 0.3) is 0 Å². The third-order valence-electron chi connectivity index (χ3n) is 3.69. The predicted molar refractivity (Wildman–Crippen MR) is 101 cm³/mol. The van der Waals surface area contributed by atoms with Crippen LogP contribution in [0, 0.1) is 0 Å². The monoisotopic (exact) mass is 383 g/mol. The highest BCUT2D eigenvalue weighted by atomic mass is 35.5. The van der Waals surface area contributed by atoms with Crippen LogP contribution in [0.5, 0.6) is 5.75 Å². The van der Waals surface area contributed by atoms with Crippen molar-refractivity contribution in [2.24, 2.45) is 0 Å². The summed E-state index contributed by atoms with van der Waals surface area (Å²) in [6.07, 6.45) is -0.967. The first-order valence-corrected chi connectivity index (χ1v) is 10.4. The molecule has 0 amide bonds. The molecular weight excluding hydrogens is 361 g/mol. The van der Waals surface area contributed by atoms with Crippen LogP contribution >= 0.6 is 19.0 Å². The highest BCUT2D eigenvalue weighted by Crippen LogP contribution is 2.44. The fraction of sp³-hybridized carbons (Fsp3) is 0.333. The summed E-state index contributed by atoms with van der Waals surface area (Å²) in [5.41, 5.74) is 1.73. The molecule has 136 valence electrons. The summed E-state index contributed by atoms with van der Waals surface area (Å²) in [7, 11) is -1.88. The quantitative estimate of drug-likeness (QED) is 0.579. The molecule has 2 rings (SSSR count). The molecule has 3 N–H and O–H groups in total. The molecule has 0 heterocycles. The molecule has 2 aromatic carbocycles. The summed E-state index contributed by atoms with van der Waals surface area (Å²) < 4.78 is 17.4. The van der Waals surface area contributed by atoms with Gasteiger partial charge in [-0.05, 0) is 23.3 Å². The van der Waals surface area contributed by atoms with E-state index in [1.807, 2.05) is 24.3 Å². The van der Waals surface area contributed by atoms with Crippen molar-refractivity contribution in [3.05, 3.63) is 64.7 Å². The van der Waals surface area contributed by atoms with Crippen LogP contribution in [0.3, 0.4) is 0 Å². The molecule has 0 saturated heterocycles. The first kappa shape index (κ1) is 20.0. The molecule has 0 aliphatic rings. The Labute approximate surface area is 153 Å². The zero-order valence-corrected chi connectivity index (χ0v) is 15.7. The van der Waals surface area contributed by atoms with E-state index in [4.69, 9.17) is 16.3 Å². The Hall–Kier alpha value is -1.36. The van der Waals surface area contributed by atoms with E-state index in [0.717, 1.165) is 11.1 Å². The van der Waals surface area contributed by atoms with Crippen LogP contribution in [0.4, 0.5) is 0 Å². The highest BCUT2D eigenvalue weighted by Gasteiger charge is 2.23. The maximum atomic E-state index is 12.3. The number of ether oxygens (including phenoxy) is 1. The van der Waals surface area contributed by atoms with Gasteiger partial charge in [0, 0.05) is 19.3 Å². The minimum absolute atomic E-state index is 0.0684. The summed E-state index contributed by atoms with van der Waals surface area (Å²) in [5, 5.41) is 13.6. The number of hydrogen-bond donors (Lipinski definition) is 3. The van der Waals surface area contributed by atoms with E-state index >= 15 is 0 Å². The van der Waals surface area contributed by atoms with E-state index in [2.05, 4.69) is 5.32 Å². The van der Waals surface area contributed by atoms with E-state index in [1.165, 1.54) is 0 Å². The van der Waals surface area contributed by atoms with Gasteiger partial charge in [0.1, 0.15) is 5.75 Å². The Bertz CT molecular complexity index is 726. The first-order valence-electron chi connectivity index (χ1n) is 7.95. The molecule has 25 heavy (non-hydrogen) atoms. The molecule has 2 aromatic rings. The Morgan fingerprint density at radius 1 is 1.20 bits per heavy atom. The van der Waals surface area contributed by atoms with E-state index in [-0.39, 0.29) is 18.9 Å². The fourth-order valence-electron chi connectivity index (χ4n) is 2.53. The molecule has 1 unspecified atom stereocenters. The standard InChI is InChI=1S/C18H23ClNO4P/c1-24-18-8-7-15(9-17(18)19)10-20-11-16(21)13-25(22,23)12-14-5-3-2-4-6-14/h2-9,16,20-21H,10-13H2,1H3,(H,22,23)/t16-/m1/s1. The van der Waals surface area contributed by atoms with Crippen LogP contribution in [0.2, 0.25) is 5.02 Å². The minimum atomic E-state index is -3.43. The van der Waals surface area contributed by atoms with E-state index in [0.29, 0.717) is 17.3 Å². The molecule has 0 aliphatic heterocycles. The van der Waals surface area contributed by atoms with Gasteiger partial charge in [-0.3, -0.25) is 4.57 Å². The van der Waals surface area contributed by atoms with Gasteiger partial charge in [0.25, 0.3) is 0 Å². The molecule has 0 spiro atoms. The largest absolute Gasteiger partial charge is 0.495 e. The first-order chi connectivity index (χ1) is 11.9. The molecule has 7 heteroatoms. The van der Waals surface area contributed by atoms with Crippen molar-refractivity contribution in [1.29, 1.82) is 0 Å². The molecular formula is C18H23ClNO4P. The molecule has 0 aliphatic carbocycles. The smallest absolute Gasteiger partial charge is 0.207 e. The topological polar surface area (TPSA) is 78.8 Å². The normalized spacial score (nSPS) is 14.7. The number of nitrogens with one attached hydrogen (secondary N) is 1. The van der Waals surface area contributed by atoms with Crippen LogP contribution in [0.1, 0.15) is 11.1 Å². The number of hydrogen-bond acceptors (Lipinski definition) is 4. The molecule has 5 nitrogen and oxygen atoms in total. The predicted octanol–water partition coefficient (Wildman–Crippen LogP) is 3.27. The van der Waals surface area contributed by atoms with Gasteiger partial charge < -0.3 is 20.1 Å². The van der Waals surface area contributed by atoms with Gasteiger partial charge in [-0.15, -0.1) is 0 Å². The lowest BCUT2D eigenvalue weighted by Crippen LogP contribution is -2.29. The molecule has 0 radical (unpaired) electrons. The number of halogens is 1. The zero-order chi connectivity index (χ0) is 18.3. The lowest BCUT2D eigenvalue weighted by Gasteiger charge is -2.17. The van der Waals surface area contributed by atoms with E-state index in [9.17, 15) is 14.6 Å². The average molecular weight is 384 g/mol. The molecule has 0 aromatic heterocycles. The van der Waals surface area contributed by atoms with Crippen molar-refractivity contribution in [2.75, 3.05) is 19.8 Å². The maximum Gasteiger partial charge on any atom is 0.207 e. The number of aliphatic hydroxyl groups is 1. The number of benzene rings is 2. The third kappa shape index (κ3) is 6.81. The Balaban J connectivity index is 1.79. The second kappa shape index (κ2) is 9.37. The van der Waals surface area contributed by atoms with Crippen molar-refractivity contribution in [1.82, 2.24) is 5.32 Å². The van der Waals surface area contributed by atoms with E-state index in [1.54, 1.807) is 31.4 Å². The van der Waals surface area contributed by atoms with Gasteiger partial charge in [0.2, 0.25) is 7.37 Å². The summed E-state index contributed by atoms with van der Waals surface area (Å²) in [6, 6.07) is 14.6. The van der Waals surface area contributed by atoms with Gasteiger partial charge >= 0.3 is 0 Å². The molecule has 2 atom stereocenters. The SMILES string of the molecule is COc1ccc(CNC[C@@H](O)CP(=O)(O)Cc2ccccc2)cc1Cl. The van der Waals surface area contributed by atoms with Crippen molar-refractivity contribution >= 4 is 19.0 Å². The van der Waals surface area contributed by atoms with Gasteiger partial charge in [-0.2, -0.15) is 0 Å². The molecule has 0 fully saturated rings. The second-order valence-electron chi connectivity index (χ2n) is 5.93. The Morgan fingerprint density at radius 2 is 1.92 bits per heavy atom. The van der Waals surface area contributed by atoms with Gasteiger partial charge in [-0.25, -0.2) is 0 Å². The zero-order valence-electron chi connectivity index (χ0n) is 14.1. The fourth-order valence-corrected chi connectivity index (χ4v) is 4.51. The van der Waals surface area contributed by atoms with Crippen molar-refractivity contribution in [3.8, 4) is 5.75 Å². The van der Waals surface area contributed by atoms with Crippen LogP contribution in [-0.2, 0) is 17.3 Å². The number of aliphatic hydroxyl groups excluding tert-OH is 1. The van der Waals surface area contributed by atoms with Gasteiger partial charge in [0.05, 0.1) is 24.4 Å². The summed E-state index contributed by atoms with van der Waals surface area (Å²) in [4.78, 5) is 10.1. The lowest BCUT2D eigenvalue weighted by atomic mass is 10.2. The average Bonchev–Trinajstić information content (AvgIpc) is 2.55. The Kier molecular flexibility index (Phi) is 7.48. The maximum absolute atomic E-state index is 12.3. The van der Waals surface area contributed by atoms with Crippen molar-refractivity contribution < 1.29 is 19.3 Å². The lowest BCUT2D eigenvalue weighted by molar-refractivity contribution is 0.190. The van der Waals surface area contributed by atoms with Gasteiger partial charge in [0.15, 0.2) is 0 Å². The summed E-state index contributed by atoms with van der Waals surface area (Å²) >= 11 is 6.06. The van der Waals surface area contributed by atoms with Crippen LogP contribution in [0.15, 0.2) is 48.5 Å².